The molecule has 0 saturated heterocycles. The third-order valence-electron chi connectivity index (χ3n) is 2.87. The highest BCUT2D eigenvalue weighted by molar-refractivity contribution is 5.46. The fourth-order valence-electron chi connectivity index (χ4n) is 1.98. The van der Waals surface area contributed by atoms with Crippen molar-refractivity contribution in [1.82, 2.24) is 0 Å². The number of nitrogens with two attached hydrogens (primary N) is 1. The fraction of sp³-hybridized carbons (Fsp3) is 0.538. The second-order valence-corrected chi connectivity index (χ2v) is 4.67. The molecule has 0 spiro atoms. The minimum absolute atomic E-state index is 0.119. The van der Waals surface area contributed by atoms with Gasteiger partial charge in [-0.2, -0.15) is 0 Å². The van der Waals surface area contributed by atoms with Crippen molar-refractivity contribution in [2.24, 2.45) is 5.73 Å². The minimum Gasteiger partial charge on any atom is -0.454 e. The first-order chi connectivity index (χ1) is 8.05. The number of hydrogen-bond acceptors (Lipinski definition) is 4. The molecule has 94 valence electrons. The van der Waals surface area contributed by atoms with Gasteiger partial charge in [-0.05, 0) is 38.5 Å². The molecule has 1 aromatic carbocycles. The van der Waals surface area contributed by atoms with Crippen LogP contribution in [0, 0.1) is 0 Å². The highest BCUT2D eigenvalue weighted by Gasteiger charge is 2.29. The van der Waals surface area contributed by atoms with E-state index in [2.05, 4.69) is 0 Å². The molecule has 0 saturated carbocycles. The summed E-state index contributed by atoms with van der Waals surface area (Å²) in [5.41, 5.74) is 6.36. The third-order valence-corrected chi connectivity index (χ3v) is 2.87. The van der Waals surface area contributed by atoms with Crippen molar-refractivity contribution in [2.45, 2.75) is 32.5 Å². The number of hydrogen-bond donors (Lipinski definition) is 1. The molecule has 1 heterocycles. The van der Waals surface area contributed by atoms with Crippen LogP contribution in [-0.4, -0.2) is 19.4 Å². The maximum atomic E-state index is 5.91. The van der Waals surface area contributed by atoms with Gasteiger partial charge in [0.1, 0.15) is 5.60 Å². The van der Waals surface area contributed by atoms with Gasteiger partial charge >= 0.3 is 0 Å². The van der Waals surface area contributed by atoms with Crippen LogP contribution in [-0.2, 0) is 10.3 Å². The summed E-state index contributed by atoms with van der Waals surface area (Å²) in [6.07, 6.45) is 0.119. The lowest BCUT2D eigenvalue weighted by atomic mass is 9.95. The monoisotopic (exact) mass is 237 g/mol. The molecule has 1 unspecified atom stereocenters. The Balaban J connectivity index is 2.31. The first kappa shape index (κ1) is 12.2. The van der Waals surface area contributed by atoms with Crippen LogP contribution in [0.15, 0.2) is 18.2 Å². The van der Waals surface area contributed by atoms with Crippen molar-refractivity contribution in [3.05, 3.63) is 23.8 Å². The molecule has 0 aliphatic carbocycles. The lowest BCUT2D eigenvalue weighted by molar-refractivity contribution is -0.0666. The molecule has 0 fully saturated rings. The zero-order chi connectivity index (χ0) is 12.5. The second kappa shape index (κ2) is 4.55. The van der Waals surface area contributed by atoms with Crippen LogP contribution in [0.3, 0.4) is 0 Å². The second-order valence-electron chi connectivity index (χ2n) is 4.67. The molecular formula is C13H19NO3. The fourth-order valence-corrected chi connectivity index (χ4v) is 1.98. The van der Waals surface area contributed by atoms with Gasteiger partial charge in [-0.3, -0.25) is 0 Å². The molecule has 1 aromatic rings. The van der Waals surface area contributed by atoms with Crippen molar-refractivity contribution in [3.63, 3.8) is 0 Å². The molecule has 1 atom stereocenters. The van der Waals surface area contributed by atoms with Crippen LogP contribution in [0.1, 0.15) is 26.3 Å². The highest BCUT2D eigenvalue weighted by Crippen LogP contribution is 2.36. The summed E-state index contributed by atoms with van der Waals surface area (Å²) in [5.74, 6) is 1.53. The molecular weight excluding hydrogens is 218 g/mol. The largest absolute Gasteiger partial charge is 0.454 e. The van der Waals surface area contributed by atoms with Crippen molar-refractivity contribution < 1.29 is 14.2 Å². The van der Waals surface area contributed by atoms with Crippen LogP contribution in [0.25, 0.3) is 0 Å². The number of ether oxygens (including phenoxy) is 3. The summed E-state index contributed by atoms with van der Waals surface area (Å²) in [4.78, 5) is 0. The normalized spacial score (nSPS) is 17.2. The Morgan fingerprint density at radius 1 is 1.35 bits per heavy atom. The van der Waals surface area contributed by atoms with Gasteiger partial charge in [0, 0.05) is 6.54 Å². The van der Waals surface area contributed by atoms with Crippen LogP contribution in [0.4, 0.5) is 0 Å². The number of benzene rings is 1. The first-order valence-corrected chi connectivity index (χ1v) is 5.83. The topological polar surface area (TPSA) is 53.7 Å². The van der Waals surface area contributed by atoms with Gasteiger partial charge in [0.05, 0.1) is 6.10 Å². The maximum Gasteiger partial charge on any atom is 0.231 e. The van der Waals surface area contributed by atoms with Gasteiger partial charge < -0.3 is 19.9 Å². The predicted octanol–water partition coefficient (Wildman–Crippen LogP) is 2.01. The van der Waals surface area contributed by atoms with E-state index in [0.717, 1.165) is 17.1 Å². The van der Waals surface area contributed by atoms with E-state index >= 15 is 0 Å². The molecule has 2 N–H and O–H groups in total. The molecule has 2 rings (SSSR count). The number of fused-ring (bicyclic) bond motifs is 1. The average molecular weight is 237 g/mol. The van der Waals surface area contributed by atoms with Crippen molar-refractivity contribution >= 4 is 0 Å². The average Bonchev–Trinajstić information content (AvgIpc) is 2.74. The van der Waals surface area contributed by atoms with Crippen LogP contribution >= 0.6 is 0 Å². The predicted molar refractivity (Wildman–Crippen MR) is 65.2 cm³/mol. The summed E-state index contributed by atoms with van der Waals surface area (Å²) < 4.78 is 16.6. The van der Waals surface area contributed by atoms with Gasteiger partial charge in [0.15, 0.2) is 11.5 Å². The summed E-state index contributed by atoms with van der Waals surface area (Å²) in [5, 5.41) is 0. The standard InChI is InChI=1S/C13H19NO3/c1-9(2)17-13(3,7-14)10-4-5-11-12(6-10)16-8-15-11/h4-6,9H,7-8,14H2,1-3H3. The third kappa shape index (κ3) is 2.37. The Kier molecular flexibility index (Phi) is 3.26. The Labute approximate surface area is 102 Å². The Hall–Kier alpha value is -1.26. The Bertz CT molecular complexity index is 406. The molecule has 0 bridgehead atoms. The van der Waals surface area contributed by atoms with E-state index in [4.69, 9.17) is 19.9 Å². The molecule has 1 aliphatic heterocycles. The lowest BCUT2D eigenvalue weighted by Crippen LogP contribution is -2.37. The quantitative estimate of drug-likeness (QED) is 0.870. The zero-order valence-electron chi connectivity index (χ0n) is 10.5. The Morgan fingerprint density at radius 3 is 2.71 bits per heavy atom. The van der Waals surface area contributed by atoms with Crippen LogP contribution in [0.5, 0.6) is 11.5 Å². The van der Waals surface area contributed by atoms with E-state index in [1.54, 1.807) is 0 Å². The van der Waals surface area contributed by atoms with E-state index in [-0.39, 0.29) is 12.9 Å². The molecule has 4 heteroatoms. The zero-order valence-corrected chi connectivity index (χ0v) is 10.5. The molecule has 1 aliphatic rings. The van der Waals surface area contributed by atoms with Crippen molar-refractivity contribution in [1.29, 1.82) is 0 Å². The van der Waals surface area contributed by atoms with E-state index < -0.39 is 5.60 Å². The van der Waals surface area contributed by atoms with Crippen molar-refractivity contribution in [2.75, 3.05) is 13.3 Å². The van der Waals surface area contributed by atoms with E-state index in [9.17, 15) is 0 Å². The minimum atomic E-state index is -0.491. The summed E-state index contributed by atoms with van der Waals surface area (Å²) in [7, 11) is 0. The molecule has 0 radical (unpaired) electrons. The molecule has 4 nitrogen and oxygen atoms in total. The first-order valence-electron chi connectivity index (χ1n) is 5.83. The van der Waals surface area contributed by atoms with Gasteiger partial charge in [-0.25, -0.2) is 0 Å². The van der Waals surface area contributed by atoms with Gasteiger partial charge in [-0.15, -0.1) is 0 Å². The molecule has 17 heavy (non-hydrogen) atoms. The smallest absolute Gasteiger partial charge is 0.231 e. The van der Waals surface area contributed by atoms with E-state index in [1.807, 2.05) is 39.0 Å². The van der Waals surface area contributed by atoms with E-state index in [0.29, 0.717) is 6.54 Å². The Morgan fingerprint density at radius 2 is 2.06 bits per heavy atom. The number of rotatable bonds is 4. The summed E-state index contributed by atoms with van der Waals surface area (Å²) in [6, 6.07) is 5.82. The van der Waals surface area contributed by atoms with Gasteiger partial charge in [-0.1, -0.05) is 6.07 Å². The summed E-state index contributed by atoms with van der Waals surface area (Å²) >= 11 is 0. The summed E-state index contributed by atoms with van der Waals surface area (Å²) in [6.45, 7) is 6.69. The highest BCUT2D eigenvalue weighted by atomic mass is 16.7. The van der Waals surface area contributed by atoms with Gasteiger partial charge in [0.25, 0.3) is 0 Å². The van der Waals surface area contributed by atoms with Crippen molar-refractivity contribution in [3.8, 4) is 11.5 Å². The lowest BCUT2D eigenvalue weighted by Gasteiger charge is -2.31. The van der Waals surface area contributed by atoms with Crippen LogP contribution < -0.4 is 15.2 Å². The molecule has 0 amide bonds. The van der Waals surface area contributed by atoms with Gasteiger partial charge in [0.2, 0.25) is 6.79 Å². The van der Waals surface area contributed by atoms with Crippen LogP contribution in [0.2, 0.25) is 0 Å². The van der Waals surface area contributed by atoms with E-state index in [1.165, 1.54) is 0 Å². The molecule has 0 aromatic heterocycles. The maximum absolute atomic E-state index is 5.91. The SMILES string of the molecule is CC(C)OC(C)(CN)c1ccc2c(c1)OCO2.